The molecule has 1 aromatic rings. The number of carbonyl (C=O) groups is 2. The minimum atomic E-state index is -0.983. The molecule has 1 amide bonds. The molecule has 0 fully saturated rings. The molecule has 0 radical (unpaired) electrons. The zero-order chi connectivity index (χ0) is 15.1. The molecule has 20 heavy (non-hydrogen) atoms. The van der Waals surface area contributed by atoms with E-state index in [1.165, 1.54) is 20.1 Å². The van der Waals surface area contributed by atoms with E-state index in [9.17, 15) is 14.0 Å². The summed E-state index contributed by atoms with van der Waals surface area (Å²) >= 11 is 0. The van der Waals surface area contributed by atoms with Crippen LogP contribution in [0.3, 0.4) is 0 Å². The number of nitrogen functional groups attached to an aromatic ring is 1. The van der Waals surface area contributed by atoms with Crippen LogP contribution in [-0.2, 0) is 14.3 Å². The molecule has 0 aliphatic rings. The summed E-state index contributed by atoms with van der Waals surface area (Å²) in [6.45, 7) is 2.10. The number of nitrogens with one attached hydrogen (secondary N) is 1. The quantitative estimate of drug-likeness (QED) is 0.456. The van der Waals surface area contributed by atoms with Crippen LogP contribution in [0.15, 0.2) is 18.2 Å². The molecular weight excluding hydrogens is 267 g/mol. The van der Waals surface area contributed by atoms with Gasteiger partial charge in [0.25, 0.3) is 5.91 Å². The van der Waals surface area contributed by atoms with Crippen molar-refractivity contribution in [3.8, 4) is 0 Å². The average Bonchev–Trinajstić information content (AvgIpc) is 2.38. The predicted molar refractivity (Wildman–Crippen MR) is 70.6 cm³/mol. The topological polar surface area (TPSA) is 90.6 Å². The van der Waals surface area contributed by atoms with Crippen molar-refractivity contribution in [3.05, 3.63) is 29.6 Å². The molecule has 1 unspecified atom stereocenters. The zero-order valence-electron chi connectivity index (χ0n) is 11.3. The van der Waals surface area contributed by atoms with Crippen LogP contribution >= 0.6 is 0 Å². The van der Waals surface area contributed by atoms with E-state index in [4.69, 9.17) is 15.2 Å². The summed E-state index contributed by atoms with van der Waals surface area (Å²) in [6.07, 6.45) is -0.983. The van der Waals surface area contributed by atoms with Crippen molar-refractivity contribution in [2.24, 2.45) is 0 Å². The van der Waals surface area contributed by atoms with Crippen LogP contribution in [0.4, 0.5) is 10.1 Å². The number of amides is 1. The van der Waals surface area contributed by atoms with Crippen LogP contribution in [0.1, 0.15) is 17.3 Å². The second-order valence-electron chi connectivity index (χ2n) is 4.06. The normalized spacial score (nSPS) is 11.8. The van der Waals surface area contributed by atoms with Gasteiger partial charge in [-0.25, -0.2) is 9.18 Å². The van der Waals surface area contributed by atoms with Crippen molar-refractivity contribution in [1.82, 2.24) is 5.32 Å². The smallest absolute Gasteiger partial charge is 0.341 e. The molecule has 1 rings (SSSR count). The standard InChI is InChI=1S/C13H17FN2O4/c1-8(12(17)16-5-6-19-2)20-13(18)10-4-3-9(14)7-11(10)15/h3-4,7-8H,5-6,15H2,1-2H3,(H,16,17). The minimum absolute atomic E-state index is 0.0166. The van der Waals surface area contributed by atoms with Crippen LogP contribution < -0.4 is 11.1 Å². The van der Waals surface area contributed by atoms with Crippen molar-refractivity contribution in [1.29, 1.82) is 0 Å². The largest absolute Gasteiger partial charge is 0.449 e. The molecule has 0 bridgehead atoms. The van der Waals surface area contributed by atoms with Crippen molar-refractivity contribution in [3.63, 3.8) is 0 Å². The number of anilines is 1. The van der Waals surface area contributed by atoms with E-state index in [0.717, 1.165) is 12.1 Å². The minimum Gasteiger partial charge on any atom is -0.449 e. The Labute approximate surface area is 116 Å². The fourth-order valence-electron chi connectivity index (χ4n) is 1.42. The van der Waals surface area contributed by atoms with Gasteiger partial charge in [0, 0.05) is 19.3 Å². The van der Waals surface area contributed by atoms with Gasteiger partial charge in [0.2, 0.25) is 0 Å². The first kappa shape index (κ1) is 15.9. The first-order valence-corrected chi connectivity index (χ1v) is 5.98. The van der Waals surface area contributed by atoms with Crippen LogP contribution in [0.5, 0.6) is 0 Å². The van der Waals surface area contributed by atoms with Gasteiger partial charge < -0.3 is 20.5 Å². The van der Waals surface area contributed by atoms with Crippen molar-refractivity contribution >= 4 is 17.6 Å². The lowest BCUT2D eigenvalue weighted by Crippen LogP contribution is -2.37. The van der Waals surface area contributed by atoms with Gasteiger partial charge in [0.05, 0.1) is 12.2 Å². The van der Waals surface area contributed by atoms with Crippen molar-refractivity contribution < 1.29 is 23.5 Å². The molecule has 0 aliphatic carbocycles. The lowest BCUT2D eigenvalue weighted by molar-refractivity contribution is -0.129. The summed E-state index contributed by atoms with van der Waals surface area (Å²) in [5.41, 5.74) is 5.49. The Hall–Kier alpha value is -2.15. The van der Waals surface area contributed by atoms with Gasteiger partial charge in [-0.2, -0.15) is 0 Å². The van der Waals surface area contributed by atoms with Gasteiger partial charge in [-0.05, 0) is 25.1 Å². The van der Waals surface area contributed by atoms with Crippen molar-refractivity contribution in [2.75, 3.05) is 26.0 Å². The van der Waals surface area contributed by atoms with E-state index >= 15 is 0 Å². The third kappa shape index (κ3) is 4.51. The number of benzene rings is 1. The molecule has 1 aromatic carbocycles. The lowest BCUT2D eigenvalue weighted by Gasteiger charge is -2.14. The predicted octanol–water partition coefficient (Wildman–Crippen LogP) is 0.716. The maximum atomic E-state index is 12.9. The molecular formula is C13H17FN2O4. The molecule has 6 nitrogen and oxygen atoms in total. The number of methoxy groups -OCH3 is 1. The monoisotopic (exact) mass is 284 g/mol. The highest BCUT2D eigenvalue weighted by Crippen LogP contribution is 2.15. The van der Waals surface area contributed by atoms with E-state index in [-0.39, 0.29) is 11.3 Å². The SMILES string of the molecule is COCCNC(=O)C(C)OC(=O)c1ccc(F)cc1N. The fourth-order valence-corrected chi connectivity index (χ4v) is 1.42. The summed E-state index contributed by atoms with van der Waals surface area (Å²) in [5, 5.41) is 2.53. The first-order valence-electron chi connectivity index (χ1n) is 5.98. The number of hydrogen-bond donors (Lipinski definition) is 2. The highest BCUT2D eigenvalue weighted by atomic mass is 19.1. The van der Waals surface area contributed by atoms with E-state index < -0.39 is 23.8 Å². The Balaban J connectivity index is 2.58. The van der Waals surface area contributed by atoms with E-state index in [2.05, 4.69) is 5.32 Å². The molecule has 0 spiro atoms. The molecule has 0 saturated carbocycles. The van der Waals surface area contributed by atoms with Crippen molar-refractivity contribution in [2.45, 2.75) is 13.0 Å². The highest BCUT2D eigenvalue weighted by molar-refractivity contribution is 5.96. The van der Waals surface area contributed by atoms with Crippen LogP contribution in [0.25, 0.3) is 0 Å². The second kappa shape index (κ2) is 7.44. The van der Waals surface area contributed by atoms with Crippen LogP contribution in [-0.4, -0.2) is 38.2 Å². The van der Waals surface area contributed by atoms with E-state index in [1.54, 1.807) is 0 Å². The molecule has 1 atom stereocenters. The van der Waals surface area contributed by atoms with Gasteiger partial charge >= 0.3 is 5.97 Å². The average molecular weight is 284 g/mol. The summed E-state index contributed by atoms with van der Waals surface area (Å²) in [5.74, 6) is -1.78. The van der Waals surface area contributed by atoms with Crippen LogP contribution in [0, 0.1) is 5.82 Å². The maximum absolute atomic E-state index is 12.9. The van der Waals surface area contributed by atoms with E-state index in [0.29, 0.717) is 13.2 Å². The Morgan fingerprint density at radius 2 is 2.15 bits per heavy atom. The third-order valence-corrected chi connectivity index (χ3v) is 2.49. The third-order valence-electron chi connectivity index (χ3n) is 2.49. The summed E-state index contributed by atoms with van der Waals surface area (Å²) < 4.78 is 22.6. The molecule has 7 heteroatoms. The fraction of sp³-hybridized carbons (Fsp3) is 0.385. The second-order valence-corrected chi connectivity index (χ2v) is 4.06. The maximum Gasteiger partial charge on any atom is 0.341 e. The Kier molecular flexibility index (Phi) is 5.92. The number of rotatable bonds is 6. The van der Waals surface area contributed by atoms with E-state index in [1.807, 2.05) is 0 Å². The Morgan fingerprint density at radius 3 is 2.75 bits per heavy atom. The number of ether oxygens (including phenoxy) is 2. The summed E-state index contributed by atoms with van der Waals surface area (Å²) in [4.78, 5) is 23.4. The number of halogens is 1. The summed E-state index contributed by atoms with van der Waals surface area (Å²) in [7, 11) is 1.51. The number of hydrogen-bond acceptors (Lipinski definition) is 5. The molecule has 0 aromatic heterocycles. The highest BCUT2D eigenvalue weighted by Gasteiger charge is 2.20. The number of esters is 1. The summed E-state index contributed by atoms with van der Waals surface area (Å²) in [6, 6.07) is 3.32. The molecule has 0 heterocycles. The number of nitrogens with two attached hydrogens (primary N) is 1. The Bertz CT molecular complexity index is 493. The molecule has 0 aliphatic heterocycles. The molecule has 0 saturated heterocycles. The van der Waals surface area contributed by atoms with Gasteiger partial charge in [-0.15, -0.1) is 0 Å². The van der Waals surface area contributed by atoms with Gasteiger partial charge in [0.15, 0.2) is 6.10 Å². The molecule has 110 valence electrons. The van der Waals surface area contributed by atoms with Gasteiger partial charge in [-0.1, -0.05) is 0 Å². The van der Waals surface area contributed by atoms with Gasteiger partial charge in [-0.3, -0.25) is 4.79 Å². The van der Waals surface area contributed by atoms with Crippen LogP contribution in [0.2, 0.25) is 0 Å². The first-order chi connectivity index (χ1) is 9.45. The van der Waals surface area contributed by atoms with Gasteiger partial charge in [0.1, 0.15) is 5.82 Å². The number of carbonyl (C=O) groups excluding carboxylic acids is 2. The zero-order valence-corrected chi connectivity index (χ0v) is 11.3. The lowest BCUT2D eigenvalue weighted by atomic mass is 10.2. The Morgan fingerprint density at radius 1 is 1.45 bits per heavy atom. The molecule has 3 N–H and O–H groups in total.